The van der Waals surface area contributed by atoms with E-state index in [2.05, 4.69) is 17.1 Å². The molecule has 132 valence electrons. The lowest BCUT2D eigenvalue weighted by Crippen LogP contribution is -2.57. The number of carbonyl (C=O) groups is 1. The molecule has 2 aliphatic heterocycles. The lowest BCUT2D eigenvalue weighted by molar-refractivity contribution is -0.167. The van der Waals surface area contributed by atoms with E-state index in [1.165, 1.54) is 17.7 Å². The van der Waals surface area contributed by atoms with E-state index in [0.29, 0.717) is 12.1 Å². The van der Waals surface area contributed by atoms with E-state index >= 15 is 0 Å². The van der Waals surface area contributed by atoms with Crippen molar-refractivity contribution in [2.45, 2.75) is 56.5 Å². The Morgan fingerprint density at radius 3 is 2.74 bits per heavy atom. The summed E-state index contributed by atoms with van der Waals surface area (Å²) in [5, 5.41) is 2.94. The van der Waals surface area contributed by atoms with Gasteiger partial charge in [-0.15, -0.1) is 0 Å². The minimum Gasteiger partial charge on any atom is -0.378 e. The van der Waals surface area contributed by atoms with Crippen molar-refractivity contribution in [3.05, 3.63) is 0 Å². The van der Waals surface area contributed by atoms with Crippen LogP contribution in [0, 0.1) is 0 Å². The van der Waals surface area contributed by atoms with E-state index in [0.717, 1.165) is 13.0 Å². The number of rotatable bonds is 4. The zero-order valence-corrected chi connectivity index (χ0v) is 13.3. The molecular weight excluding hydrogens is 311 g/mol. The fourth-order valence-corrected chi connectivity index (χ4v) is 3.67. The molecule has 1 aliphatic carbocycles. The van der Waals surface area contributed by atoms with Gasteiger partial charge in [0.1, 0.15) is 6.04 Å². The SMILES string of the molecule is C[C@@H]1C[C@H](NC(=O)[C@@H]2COCCN2CC(F)(F)F)CN1C1CC1. The van der Waals surface area contributed by atoms with Crippen molar-refractivity contribution in [1.82, 2.24) is 15.1 Å². The number of nitrogens with one attached hydrogen (secondary N) is 1. The van der Waals surface area contributed by atoms with Gasteiger partial charge < -0.3 is 10.1 Å². The van der Waals surface area contributed by atoms with Gasteiger partial charge in [-0.05, 0) is 26.2 Å². The predicted molar refractivity (Wildman–Crippen MR) is 78.0 cm³/mol. The van der Waals surface area contributed by atoms with Crippen molar-refractivity contribution in [3.63, 3.8) is 0 Å². The summed E-state index contributed by atoms with van der Waals surface area (Å²) in [5.41, 5.74) is 0. The number of alkyl halides is 3. The van der Waals surface area contributed by atoms with E-state index in [1.807, 2.05) is 0 Å². The second-order valence-corrected chi connectivity index (χ2v) is 6.89. The summed E-state index contributed by atoms with van der Waals surface area (Å²) in [4.78, 5) is 16.0. The molecular formula is C15H24F3N3O2. The van der Waals surface area contributed by atoms with Crippen LogP contribution in [0.5, 0.6) is 0 Å². The Kier molecular flexibility index (Phi) is 4.85. The van der Waals surface area contributed by atoms with Crippen LogP contribution in [0.2, 0.25) is 0 Å². The molecule has 5 nitrogen and oxygen atoms in total. The molecule has 3 rings (SSSR count). The fourth-order valence-electron chi connectivity index (χ4n) is 3.67. The number of nitrogens with zero attached hydrogens (tertiary/aromatic N) is 2. The summed E-state index contributed by atoms with van der Waals surface area (Å²) in [6.07, 6.45) is -1.03. The van der Waals surface area contributed by atoms with Crippen molar-refractivity contribution < 1.29 is 22.7 Å². The first-order chi connectivity index (χ1) is 10.8. The van der Waals surface area contributed by atoms with E-state index in [1.54, 1.807) is 0 Å². The lowest BCUT2D eigenvalue weighted by Gasteiger charge is -2.35. The normalized spacial score (nSPS) is 33.8. The smallest absolute Gasteiger partial charge is 0.378 e. The lowest BCUT2D eigenvalue weighted by atomic mass is 10.1. The number of hydrogen-bond donors (Lipinski definition) is 1. The van der Waals surface area contributed by atoms with Gasteiger partial charge in [0, 0.05) is 31.2 Å². The molecule has 0 aromatic rings. The van der Waals surface area contributed by atoms with Gasteiger partial charge in [0.2, 0.25) is 5.91 Å². The van der Waals surface area contributed by atoms with Crippen LogP contribution in [0.1, 0.15) is 26.2 Å². The summed E-state index contributed by atoms with van der Waals surface area (Å²) in [6, 6.07) is 0.219. The van der Waals surface area contributed by atoms with Crippen LogP contribution >= 0.6 is 0 Å². The van der Waals surface area contributed by atoms with E-state index in [9.17, 15) is 18.0 Å². The monoisotopic (exact) mass is 335 g/mol. The second-order valence-electron chi connectivity index (χ2n) is 6.89. The quantitative estimate of drug-likeness (QED) is 0.832. The van der Waals surface area contributed by atoms with E-state index in [4.69, 9.17) is 4.74 Å². The molecule has 0 radical (unpaired) electrons. The van der Waals surface area contributed by atoms with Crippen LogP contribution in [0.3, 0.4) is 0 Å². The fraction of sp³-hybridized carbons (Fsp3) is 0.933. The highest BCUT2D eigenvalue weighted by Gasteiger charge is 2.42. The largest absolute Gasteiger partial charge is 0.401 e. The summed E-state index contributed by atoms with van der Waals surface area (Å²) in [6.45, 7) is 2.26. The van der Waals surface area contributed by atoms with Crippen molar-refractivity contribution >= 4 is 5.91 Å². The highest BCUT2D eigenvalue weighted by atomic mass is 19.4. The Balaban J connectivity index is 1.55. The van der Waals surface area contributed by atoms with Gasteiger partial charge in [-0.1, -0.05) is 0 Å². The molecule has 0 spiro atoms. The predicted octanol–water partition coefficient (Wildman–Crippen LogP) is 0.991. The standard InChI is InChI=1S/C15H24F3N3O2/c1-10-6-11(7-21(10)12-2-3-12)19-14(22)13-8-23-5-4-20(13)9-15(16,17)18/h10-13H,2-9H2,1H3,(H,19,22)/t10-,11+,13+/m1/s1. The minimum atomic E-state index is -4.31. The van der Waals surface area contributed by atoms with Crippen molar-refractivity contribution in [2.24, 2.45) is 0 Å². The van der Waals surface area contributed by atoms with Crippen LogP contribution in [0.25, 0.3) is 0 Å². The molecule has 0 unspecified atom stereocenters. The van der Waals surface area contributed by atoms with Crippen molar-refractivity contribution in [2.75, 3.05) is 32.8 Å². The molecule has 2 saturated heterocycles. The first-order valence-electron chi connectivity index (χ1n) is 8.28. The van der Waals surface area contributed by atoms with Crippen LogP contribution in [0.15, 0.2) is 0 Å². The van der Waals surface area contributed by atoms with Crippen LogP contribution in [0.4, 0.5) is 13.2 Å². The second kappa shape index (κ2) is 6.57. The number of carbonyl (C=O) groups excluding carboxylic acids is 1. The molecule has 3 aliphatic rings. The molecule has 1 saturated carbocycles. The number of likely N-dealkylation sites (tertiary alicyclic amines) is 1. The number of hydrogen-bond acceptors (Lipinski definition) is 4. The highest BCUT2D eigenvalue weighted by Crippen LogP contribution is 2.33. The summed E-state index contributed by atoms with van der Waals surface area (Å²) >= 11 is 0. The third kappa shape index (κ3) is 4.36. The number of amides is 1. The first kappa shape index (κ1) is 17.0. The van der Waals surface area contributed by atoms with Gasteiger partial charge in [-0.25, -0.2) is 0 Å². The van der Waals surface area contributed by atoms with Crippen molar-refractivity contribution in [3.8, 4) is 0 Å². The van der Waals surface area contributed by atoms with Gasteiger partial charge in [0.05, 0.1) is 19.8 Å². The Morgan fingerprint density at radius 1 is 1.35 bits per heavy atom. The van der Waals surface area contributed by atoms with Crippen LogP contribution < -0.4 is 5.32 Å². The topological polar surface area (TPSA) is 44.8 Å². The molecule has 3 fully saturated rings. The minimum absolute atomic E-state index is 0.0211. The molecule has 1 amide bonds. The van der Waals surface area contributed by atoms with Gasteiger partial charge >= 0.3 is 6.18 Å². The van der Waals surface area contributed by atoms with Gasteiger partial charge in [0.15, 0.2) is 0 Å². The third-order valence-electron chi connectivity index (χ3n) is 4.91. The average molecular weight is 335 g/mol. The Labute approximate surface area is 134 Å². The summed E-state index contributed by atoms with van der Waals surface area (Å²) in [7, 11) is 0. The van der Waals surface area contributed by atoms with E-state index in [-0.39, 0.29) is 31.7 Å². The summed E-state index contributed by atoms with van der Waals surface area (Å²) in [5.74, 6) is -0.344. The average Bonchev–Trinajstić information content (AvgIpc) is 3.22. The van der Waals surface area contributed by atoms with Gasteiger partial charge in [-0.3, -0.25) is 14.6 Å². The van der Waals surface area contributed by atoms with Crippen LogP contribution in [-0.2, 0) is 9.53 Å². The first-order valence-corrected chi connectivity index (χ1v) is 8.28. The maximum atomic E-state index is 12.7. The Bertz CT molecular complexity index is 442. The molecule has 0 aromatic carbocycles. The molecule has 3 atom stereocenters. The molecule has 0 aromatic heterocycles. The molecule has 2 heterocycles. The molecule has 8 heteroatoms. The maximum absolute atomic E-state index is 12.7. The zero-order valence-electron chi connectivity index (χ0n) is 13.3. The molecule has 23 heavy (non-hydrogen) atoms. The molecule has 1 N–H and O–H groups in total. The van der Waals surface area contributed by atoms with Gasteiger partial charge in [0.25, 0.3) is 0 Å². The van der Waals surface area contributed by atoms with Crippen molar-refractivity contribution in [1.29, 1.82) is 0 Å². The Hall–Kier alpha value is -0.860. The van der Waals surface area contributed by atoms with Crippen LogP contribution in [-0.4, -0.2) is 78.9 Å². The van der Waals surface area contributed by atoms with E-state index < -0.39 is 18.8 Å². The number of halogens is 3. The molecule has 0 bridgehead atoms. The summed E-state index contributed by atoms with van der Waals surface area (Å²) < 4.78 is 43.2. The number of morpholine rings is 1. The zero-order chi connectivity index (χ0) is 16.6. The highest BCUT2D eigenvalue weighted by molar-refractivity contribution is 5.82. The third-order valence-corrected chi connectivity index (χ3v) is 4.91. The Morgan fingerprint density at radius 2 is 2.09 bits per heavy atom. The number of ether oxygens (including phenoxy) is 1. The maximum Gasteiger partial charge on any atom is 0.401 e. The van der Waals surface area contributed by atoms with Gasteiger partial charge in [-0.2, -0.15) is 13.2 Å².